The van der Waals surface area contributed by atoms with Crippen molar-refractivity contribution in [1.29, 1.82) is 5.26 Å². The van der Waals surface area contributed by atoms with Crippen molar-refractivity contribution in [3.63, 3.8) is 0 Å². The average Bonchev–Trinajstić information content (AvgIpc) is 2.82. The molecule has 184 valence electrons. The molecule has 0 saturated carbocycles. The molecule has 0 unspecified atom stereocenters. The minimum absolute atomic E-state index is 0.0237. The number of non-ortho nitro benzene ring substituents is 1. The predicted molar refractivity (Wildman–Crippen MR) is 143 cm³/mol. The lowest BCUT2D eigenvalue weighted by molar-refractivity contribution is -0.384. The first-order valence-electron chi connectivity index (χ1n) is 9.93. The van der Waals surface area contributed by atoms with E-state index in [4.69, 9.17) is 4.74 Å². The van der Waals surface area contributed by atoms with E-state index in [0.717, 1.165) is 23.8 Å². The number of hydrogen-bond donors (Lipinski definition) is 1. The summed E-state index contributed by atoms with van der Waals surface area (Å²) in [6, 6.07) is 15.2. The van der Waals surface area contributed by atoms with Gasteiger partial charge in [-0.2, -0.15) is 18.4 Å². The number of alkyl halides is 3. The number of amides is 1. The third-order valence-electron chi connectivity index (χ3n) is 4.67. The van der Waals surface area contributed by atoms with E-state index >= 15 is 0 Å². The summed E-state index contributed by atoms with van der Waals surface area (Å²) in [7, 11) is 0. The zero-order valence-electron chi connectivity index (χ0n) is 18.0. The molecule has 0 aliphatic carbocycles. The van der Waals surface area contributed by atoms with E-state index in [0.29, 0.717) is 18.5 Å². The summed E-state index contributed by atoms with van der Waals surface area (Å²) in [5.41, 5.74) is -0.0780. The Morgan fingerprint density at radius 2 is 1.75 bits per heavy atom. The zero-order chi connectivity index (χ0) is 26.5. The quantitative estimate of drug-likeness (QED) is 0.0937. The Kier molecular flexibility index (Phi) is 8.90. The first kappa shape index (κ1) is 27.4. The van der Waals surface area contributed by atoms with Gasteiger partial charge in [-0.1, -0.05) is 6.07 Å². The fraction of sp³-hybridized carbons (Fsp3) is 0.0833. The van der Waals surface area contributed by atoms with Crippen LogP contribution >= 0.6 is 45.2 Å². The van der Waals surface area contributed by atoms with Gasteiger partial charge in [-0.15, -0.1) is 0 Å². The number of rotatable bonds is 7. The number of nitrogens with zero attached hydrogens (tertiary/aromatic N) is 2. The molecule has 36 heavy (non-hydrogen) atoms. The van der Waals surface area contributed by atoms with Gasteiger partial charge in [0, 0.05) is 17.8 Å². The second-order valence-electron chi connectivity index (χ2n) is 7.23. The van der Waals surface area contributed by atoms with Crippen LogP contribution in [0.1, 0.15) is 16.7 Å². The van der Waals surface area contributed by atoms with Crippen LogP contribution in [0.3, 0.4) is 0 Å². The molecule has 0 aliphatic rings. The van der Waals surface area contributed by atoms with Crippen molar-refractivity contribution >= 4 is 68.5 Å². The molecule has 3 aromatic carbocycles. The van der Waals surface area contributed by atoms with Gasteiger partial charge in [0.05, 0.1) is 17.6 Å². The van der Waals surface area contributed by atoms with Gasteiger partial charge >= 0.3 is 6.18 Å². The Morgan fingerprint density at radius 3 is 2.31 bits per heavy atom. The van der Waals surface area contributed by atoms with Gasteiger partial charge in [0.2, 0.25) is 0 Å². The van der Waals surface area contributed by atoms with Crippen LogP contribution in [-0.2, 0) is 17.6 Å². The van der Waals surface area contributed by atoms with E-state index in [9.17, 15) is 33.3 Å². The molecule has 1 amide bonds. The number of ether oxygens (including phenoxy) is 1. The molecule has 0 atom stereocenters. The Balaban J connectivity index is 1.75. The fourth-order valence-electron chi connectivity index (χ4n) is 2.96. The van der Waals surface area contributed by atoms with Crippen molar-refractivity contribution < 1.29 is 27.6 Å². The lowest BCUT2D eigenvalue weighted by Crippen LogP contribution is -2.14. The molecular weight excluding hydrogens is 705 g/mol. The average molecular weight is 719 g/mol. The van der Waals surface area contributed by atoms with Crippen molar-refractivity contribution in [3.05, 3.63) is 100 Å². The predicted octanol–water partition coefficient (Wildman–Crippen LogP) is 6.95. The Morgan fingerprint density at radius 1 is 1.11 bits per heavy atom. The topological polar surface area (TPSA) is 105 Å². The lowest BCUT2D eigenvalue weighted by Gasteiger charge is -2.12. The van der Waals surface area contributed by atoms with Gasteiger partial charge in [-0.25, -0.2) is 0 Å². The van der Waals surface area contributed by atoms with Gasteiger partial charge in [0.25, 0.3) is 11.6 Å². The highest BCUT2D eigenvalue weighted by Crippen LogP contribution is 2.32. The monoisotopic (exact) mass is 719 g/mol. The largest absolute Gasteiger partial charge is 0.487 e. The summed E-state index contributed by atoms with van der Waals surface area (Å²) in [6.07, 6.45) is -3.24. The Bertz CT molecular complexity index is 1360. The van der Waals surface area contributed by atoms with Crippen LogP contribution in [0.25, 0.3) is 6.08 Å². The molecule has 12 heteroatoms. The molecule has 0 aromatic heterocycles. The van der Waals surface area contributed by atoms with Gasteiger partial charge in [-0.05, 0) is 105 Å². The number of nitro groups is 1. The van der Waals surface area contributed by atoms with E-state index < -0.39 is 22.6 Å². The summed E-state index contributed by atoms with van der Waals surface area (Å²) < 4.78 is 46.0. The summed E-state index contributed by atoms with van der Waals surface area (Å²) in [5, 5.41) is 22.5. The smallest absolute Gasteiger partial charge is 0.416 e. The van der Waals surface area contributed by atoms with Crippen molar-refractivity contribution in [1.82, 2.24) is 0 Å². The molecule has 1 N–H and O–H groups in total. The molecule has 0 saturated heterocycles. The number of halogens is 5. The number of nitro benzene ring substituents is 1. The van der Waals surface area contributed by atoms with Gasteiger partial charge in [0.1, 0.15) is 24.0 Å². The number of hydrogen-bond acceptors (Lipinski definition) is 5. The summed E-state index contributed by atoms with van der Waals surface area (Å²) in [5.74, 6) is -0.293. The van der Waals surface area contributed by atoms with Gasteiger partial charge in [-0.3, -0.25) is 14.9 Å². The molecule has 0 aliphatic heterocycles. The minimum Gasteiger partial charge on any atom is -0.487 e. The highest BCUT2D eigenvalue weighted by atomic mass is 127. The molecule has 0 heterocycles. The highest BCUT2D eigenvalue weighted by molar-refractivity contribution is 14.1. The molecule has 3 aromatic rings. The van der Waals surface area contributed by atoms with Crippen LogP contribution in [-0.4, -0.2) is 10.8 Å². The summed E-state index contributed by atoms with van der Waals surface area (Å²) in [4.78, 5) is 22.8. The normalized spacial score (nSPS) is 11.5. The number of carbonyl (C=O) groups is 1. The van der Waals surface area contributed by atoms with Crippen LogP contribution in [0.4, 0.5) is 24.5 Å². The molecule has 0 radical (unpaired) electrons. The van der Waals surface area contributed by atoms with Crippen molar-refractivity contribution in [2.45, 2.75) is 12.8 Å². The third-order valence-corrected chi connectivity index (χ3v) is 6.28. The van der Waals surface area contributed by atoms with Crippen LogP contribution in [0.2, 0.25) is 0 Å². The van der Waals surface area contributed by atoms with Gasteiger partial charge < -0.3 is 10.1 Å². The van der Waals surface area contributed by atoms with Crippen LogP contribution in [0, 0.1) is 28.6 Å². The molecule has 0 bridgehead atoms. The van der Waals surface area contributed by atoms with E-state index in [-0.39, 0.29) is 23.6 Å². The van der Waals surface area contributed by atoms with E-state index in [2.05, 4.69) is 5.32 Å². The first-order valence-corrected chi connectivity index (χ1v) is 12.1. The number of carbonyl (C=O) groups excluding carboxylic acids is 1. The third kappa shape index (κ3) is 7.17. The molecule has 0 fully saturated rings. The molecule has 0 spiro atoms. The van der Waals surface area contributed by atoms with Crippen molar-refractivity contribution in [2.75, 3.05) is 5.32 Å². The molecule has 3 rings (SSSR count). The van der Waals surface area contributed by atoms with Crippen LogP contribution in [0.15, 0.2) is 66.2 Å². The molecular formula is C24H14F3I2N3O4. The number of anilines is 1. The summed E-state index contributed by atoms with van der Waals surface area (Å²) in [6.45, 7) is 0.169. The van der Waals surface area contributed by atoms with E-state index in [1.165, 1.54) is 24.3 Å². The standard InChI is InChI=1S/C24H14F3I2N3O4/c25-24(26,27)17-2-1-3-18(11-17)31-23(33)16(12-30)8-15-9-20(28)22(21(29)10-15)36-13-14-4-6-19(7-5-14)32(34)35/h1-11H,13H2,(H,31,33)/b16-8-. The second-order valence-corrected chi connectivity index (χ2v) is 9.55. The lowest BCUT2D eigenvalue weighted by atomic mass is 10.1. The Labute approximate surface area is 230 Å². The summed E-state index contributed by atoms with van der Waals surface area (Å²) >= 11 is 4.07. The zero-order valence-corrected chi connectivity index (χ0v) is 22.3. The fourth-order valence-corrected chi connectivity index (χ4v) is 5.08. The second kappa shape index (κ2) is 11.7. The van der Waals surface area contributed by atoms with Crippen molar-refractivity contribution in [3.8, 4) is 11.8 Å². The highest BCUT2D eigenvalue weighted by Gasteiger charge is 2.30. The van der Waals surface area contributed by atoms with Crippen molar-refractivity contribution in [2.24, 2.45) is 0 Å². The number of nitriles is 1. The van der Waals surface area contributed by atoms with E-state index in [1.54, 1.807) is 30.3 Å². The molecule has 7 nitrogen and oxygen atoms in total. The minimum atomic E-state index is -4.57. The number of nitrogens with one attached hydrogen (secondary N) is 1. The Hall–Kier alpha value is -3.19. The van der Waals surface area contributed by atoms with E-state index in [1.807, 2.05) is 45.2 Å². The van der Waals surface area contributed by atoms with Gasteiger partial charge in [0.15, 0.2) is 0 Å². The SMILES string of the molecule is N#C/C(=C/c1cc(I)c(OCc2ccc([N+](=O)[O-])cc2)c(I)c1)C(=O)Nc1cccc(C(F)(F)F)c1. The van der Waals surface area contributed by atoms with Crippen LogP contribution < -0.4 is 10.1 Å². The maximum atomic E-state index is 12.9. The number of benzene rings is 3. The van der Waals surface area contributed by atoms with Crippen LogP contribution in [0.5, 0.6) is 5.75 Å². The maximum absolute atomic E-state index is 12.9. The maximum Gasteiger partial charge on any atom is 0.416 e. The first-order chi connectivity index (χ1) is 17.0.